The summed E-state index contributed by atoms with van der Waals surface area (Å²) in [6, 6.07) is 0. The van der Waals surface area contributed by atoms with E-state index < -0.39 is 19.3 Å². The predicted molar refractivity (Wildman–Crippen MR) is 116 cm³/mol. The second-order valence-electron chi connectivity index (χ2n) is 10.3. The van der Waals surface area contributed by atoms with E-state index in [9.17, 15) is 4.79 Å². The first-order valence-corrected chi connectivity index (χ1v) is 13.1. The standard InChI is InChI=1S/C23H38O4Si/c1-16(15-26-28(9,10)21(4,5)6)12-22(7)13-17(2)18(3)14-23(22)19(25-8)11-20(24)27-23/h11-13,18H,14-15H2,1-10H3/b16-12+/t18-,22-,23+/m0/s1. The minimum Gasteiger partial charge on any atom is -0.497 e. The van der Waals surface area contributed by atoms with E-state index in [1.54, 1.807) is 7.11 Å². The van der Waals surface area contributed by atoms with Crippen LogP contribution in [0.3, 0.4) is 0 Å². The molecule has 0 aromatic heterocycles. The molecule has 2 rings (SSSR count). The molecule has 1 heterocycles. The van der Waals surface area contributed by atoms with Gasteiger partial charge in [-0.3, -0.25) is 0 Å². The molecule has 3 atom stereocenters. The van der Waals surface area contributed by atoms with Crippen molar-refractivity contribution in [1.29, 1.82) is 0 Å². The van der Waals surface area contributed by atoms with Crippen molar-refractivity contribution < 1.29 is 18.7 Å². The van der Waals surface area contributed by atoms with Crippen molar-refractivity contribution in [2.24, 2.45) is 11.3 Å². The van der Waals surface area contributed by atoms with E-state index in [2.05, 4.69) is 73.7 Å². The number of hydrogen-bond donors (Lipinski definition) is 0. The van der Waals surface area contributed by atoms with Gasteiger partial charge in [0, 0.05) is 6.42 Å². The van der Waals surface area contributed by atoms with Crippen LogP contribution in [0.4, 0.5) is 0 Å². The van der Waals surface area contributed by atoms with Crippen LogP contribution in [0.5, 0.6) is 0 Å². The number of carbonyl (C=O) groups excluding carboxylic acids is 1. The second kappa shape index (κ2) is 7.49. The Morgan fingerprint density at radius 3 is 2.54 bits per heavy atom. The van der Waals surface area contributed by atoms with Crippen LogP contribution in [-0.2, 0) is 18.7 Å². The van der Waals surface area contributed by atoms with Crippen molar-refractivity contribution in [3.05, 3.63) is 35.1 Å². The lowest BCUT2D eigenvalue weighted by Gasteiger charge is -2.48. The van der Waals surface area contributed by atoms with Gasteiger partial charge in [-0.25, -0.2) is 4.79 Å². The number of ether oxygens (including phenoxy) is 2. The molecular formula is C23H38O4Si. The van der Waals surface area contributed by atoms with Crippen LogP contribution in [-0.4, -0.2) is 33.6 Å². The van der Waals surface area contributed by atoms with Crippen molar-refractivity contribution >= 4 is 14.3 Å². The summed E-state index contributed by atoms with van der Waals surface area (Å²) in [7, 11) is -0.217. The first kappa shape index (κ1) is 23.0. The molecule has 1 spiro atoms. The summed E-state index contributed by atoms with van der Waals surface area (Å²) < 4.78 is 18.0. The first-order chi connectivity index (χ1) is 12.7. The molecule has 0 bridgehead atoms. The third-order valence-electron chi connectivity index (χ3n) is 6.92. The van der Waals surface area contributed by atoms with Crippen molar-refractivity contribution in [2.45, 2.75) is 78.6 Å². The fraction of sp³-hybridized carbons (Fsp3) is 0.696. The molecular weight excluding hydrogens is 368 g/mol. The van der Waals surface area contributed by atoms with Crippen molar-refractivity contribution in [1.82, 2.24) is 0 Å². The first-order valence-electron chi connectivity index (χ1n) is 10.2. The highest BCUT2D eigenvalue weighted by molar-refractivity contribution is 6.74. The van der Waals surface area contributed by atoms with Crippen LogP contribution < -0.4 is 0 Å². The second-order valence-corrected chi connectivity index (χ2v) is 15.1. The molecule has 0 amide bonds. The Balaban J connectivity index is 2.40. The zero-order chi connectivity index (χ0) is 21.5. The van der Waals surface area contributed by atoms with Crippen LogP contribution >= 0.6 is 0 Å². The number of esters is 1. The average molecular weight is 407 g/mol. The third-order valence-corrected chi connectivity index (χ3v) is 11.4. The number of rotatable bonds is 5. The van der Waals surface area contributed by atoms with Crippen LogP contribution in [0.15, 0.2) is 35.1 Å². The van der Waals surface area contributed by atoms with Crippen molar-refractivity contribution in [3.8, 4) is 0 Å². The molecule has 0 saturated heterocycles. The highest BCUT2D eigenvalue weighted by Crippen LogP contribution is 2.54. The highest BCUT2D eigenvalue weighted by Gasteiger charge is 2.58. The highest BCUT2D eigenvalue weighted by atomic mass is 28.4. The van der Waals surface area contributed by atoms with Gasteiger partial charge in [0.25, 0.3) is 0 Å². The Kier molecular flexibility index (Phi) is 6.14. The van der Waals surface area contributed by atoms with Gasteiger partial charge in [0.1, 0.15) is 5.76 Å². The van der Waals surface area contributed by atoms with Gasteiger partial charge in [-0.1, -0.05) is 51.0 Å². The molecule has 5 heteroatoms. The van der Waals surface area contributed by atoms with E-state index in [0.29, 0.717) is 24.7 Å². The lowest BCUT2D eigenvalue weighted by Crippen LogP contribution is -2.51. The van der Waals surface area contributed by atoms with Crippen LogP contribution in [0.1, 0.15) is 54.9 Å². The molecule has 1 aliphatic heterocycles. The molecule has 158 valence electrons. The average Bonchev–Trinajstić information content (AvgIpc) is 2.87. The molecule has 0 radical (unpaired) electrons. The number of methoxy groups -OCH3 is 1. The largest absolute Gasteiger partial charge is 0.497 e. The van der Waals surface area contributed by atoms with Crippen LogP contribution in [0.2, 0.25) is 18.1 Å². The summed E-state index contributed by atoms with van der Waals surface area (Å²) in [6.07, 6.45) is 6.66. The molecule has 28 heavy (non-hydrogen) atoms. The Morgan fingerprint density at radius 1 is 1.39 bits per heavy atom. The maximum Gasteiger partial charge on any atom is 0.335 e. The summed E-state index contributed by atoms with van der Waals surface area (Å²) in [5.41, 5.74) is 1.17. The Bertz CT molecular complexity index is 725. The SMILES string of the molecule is COC1=CC(=O)O[C@]12C[C@H](C)C(C)=C[C@]2(C)/C=C(\C)CO[Si](C)(C)C(C)(C)C. The Hall–Kier alpha value is -1.33. The summed E-state index contributed by atoms with van der Waals surface area (Å²) in [5.74, 6) is 0.603. The van der Waals surface area contributed by atoms with Gasteiger partial charge >= 0.3 is 5.97 Å². The fourth-order valence-corrected chi connectivity index (χ4v) is 5.00. The minimum absolute atomic E-state index is 0.169. The van der Waals surface area contributed by atoms with Gasteiger partial charge in [0.2, 0.25) is 0 Å². The van der Waals surface area contributed by atoms with Gasteiger partial charge in [0.05, 0.1) is 25.2 Å². The summed E-state index contributed by atoms with van der Waals surface area (Å²) in [4.78, 5) is 12.2. The van der Waals surface area contributed by atoms with Gasteiger partial charge in [0.15, 0.2) is 13.9 Å². The molecule has 0 saturated carbocycles. The molecule has 0 fully saturated rings. The summed E-state index contributed by atoms with van der Waals surface area (Å²) in [6.45, 7) is 20.4. The minimum atomic E-state index is -1.83. The summed E-state index contributed by atoms with van der Waals surface area (Å²) >= 11 is 0. The molecule has 0 unspecified atom stereocenters. The van der Waals surface area contributed by atoms with E-state index in [-0.39, 0.29) is 11.0 Å². The van der Waals surface area contributed by atoms with Crippen LogP contribution in [0.25, 0.3) is 0 Å². The van der Waals surface area contributed by atoms with Crippen molar-refractivity contribution in [3.63, 3.8) is 0 Å². The van der Waals surface area contributed by atoms with Gasteiger partial charge in [-0.2, -0.15) is 0 Å². The Labute approximate surface area is 172 Å². The van der Waals surface area contributed by atoms with E-state index in [0.717, 1.165) is 5.57 Å². The molecule has 0 N–H and O–H groups in total. The monoisotopic (exact) mass is 406 g/mol. The zero-order valence-corrected chi connectivity index (χ0v) is 20.4. The van der Waals surface area contributed by atoms with Crippen molar-refractivity contribution in [2.75, 3.05) is 13.7 Å². The van der Waals surface area contributed by atoms with E-state index in [4.69, 9.17) is 13.9 Å². The lowest BCUT2D eigenvalue weighted by molar-refractivity contribution is -0.157. The number of hydrogen-bond acceptors (Lipinski definition) is 4. The zero-order valence-electron chi connectivity index (χ0n) is 19.4. The maximum atomic E-state index is 12.2. The van der Waals surface area contributed by atoms with E-state index >= 15 is 0 Å². The summed E-state index contributed by atoms with van der Waals surface area (Å²) in [5, 5.41) is 0.169. The lowest BCUT2D eigenvalue weighted by atomic mass is 9.62. The Morgan fingerprint density at radius 2 is 2.00 bits per heavy atom. The molecule has 4 nitrogen and oxygen atoms in total. The maximum absolute atomic E-state index is 12.2. The van der Waals surface area contributed by atoms with Gasteiger partial charge in [-0.15, -0.1) is 0 Å². The topological polar surface area (TPSA) is 44.8 Å². The quantitative estimate of drug-likeness (QED) is 0.330. The number of allylic oxidation sites excluding steroid dienone is 1. The molecule has 0 aromatic carbocycles. The number of carbonyl (C=O) groups is 1. The smallest absolute Gasteiger partial charge is 0.335 e. The predicted octanol–water partition coefficient (Wildman–Crippen LogP) is 5.77. The molecule has 1 aliphatic carbocycles. The third kappa shape index (κ3) is 4.01. The van der Waals surface area contributed by atoms with E-state index in [1.807, 2.05) is 0 Å². The molecule has 2 aliphatic rings. The van der Waals surface area contributed by atoms with E-state index in [1.165, 1.54) is 11.6 Å². The van der Waals surface area contributed by atoms with Gasteiger partial charge < -0.3 is 13.9 Å². The van der Waals surface area contributed by atoms with Gasteiger partial charge in [-0.05, 0) is 44.8 Å². The fourth-order valence-electron chi connectivity index (χ4n) is 3.98. The normalized spacial score (nSPS) is 31.6. The molecule has 0 aromatic rings. The van der Waals surface area contributed by atoms with Crippen LogP contribution in [0, 0.1) is 11.3 Å².